The molecule has 5 aliphatic heterocycles. The third-order valence-electron chi connectivity index (χ3n) is 11.1. The highest BCUT2D eigenvalue weighted by atomic mass is 35.5. The van der Waals surface area contributed by atoms with Gasteiger partial charge in [0.05, 0.1) is 27.7 Å². The van der Waals surface area contributed by atoms with Crippen LogP contribution in [0.5, 0.6) is 11.8 Å². The maximum absolute atomic E-state index is 17.3. The van der Waals surface area contributed by atoms with Crippen LogP contribution in [0.1, 0.15) is 38.5 Å². The molecule has 5 aliphatic rings. The summed E-state index contributed by atoms with van der Waals surface area (Å²) < 4.78 is 31.4. The lowest BCUT2D eigenvalue weighted by Gasteiger charge is -2.40. The van der Waals surface area contributed by atoms with Crippen molar-refractivity contribution in [3.05, 3.63) is 35.2 Å². The molecule has 5 aromatic rings. The van der Waals surface area contributed by atoms with Gasteiger partial charge < -0.3 is 30.4 Å². The number of nitrogen functional groups attached to an aromatic ring is 1. The fraction of sp³-hybridized carbons (Fsp3) is 0.455. The van der Waals surface area contributed by atoms with Gasteiger partial charge in [-0.1, -0.05) is 23.7 Å². The molecular weight excluding hydrogens is 613 g/mol. The van der Waals surface area contributed by atoms with Crippen molar-refractivity contribution < 1.29 is 13.9 Å². The Morgan fingerprint density at radius 1 is 1.16 bits per heavy atom. The summed E-state index contributed by atoms with van der Waals surface area (Å²) >= 11 is 8.82. The Hall–Kier alpha value is -3.38. The summed E-state index contributed by atoms with van der Waals surface area (Å²) in [6, 6.07) is 6.69. The molecule has 2 aromatic carbocycles. The first kappa shape index (κ1) is 26.8. The molecule has 4 saturated heterocycles. The van der Waals surface area contributed by atoms with Crippen molar-refractivity contribution in [2.45, 2.75) is 62.2 Å². The van der Waals surface area contributed by atoms with E-state index >= 15 is 4.39 Å². The molecule has 10 rings (SSSR count). The minimum atomic E-state index is -0.505. The van der Waals surface area contributed by atoms with Crippen molar-refractivity contribution in [2.24, 2.45) is 0 Å². The Labute approximate surface area is 267 Å². The van der Waals surface area contributed by atoms with Crippen molar-refractivity contribution in [3.63, 3.8) is 0 Å². The van der Waals surface area contributed by atoms with Crippen LogP contribution in [0.3, 0.4) is 0 Å². The number of ether oxygens (including phenoxy) is 2. The molecule has 45 heavy (non-hydrogen) atoms. The average molecular weight is 646 g/mol. The van der Waals surface area contributed by atoms with Crippen LogP contribution in [-0.4, -0.2) is 76.4 Å². The molecule has 4 N–H and O–H groups in total. The largest absolute Gasteiger partial charge is 0.489 e. The van der Waals surface area contributed by atoms with Crippen molar-refractivity contribution in [2.75, 3.05) is 43.5 Å². The molecule has 0 radical (unpaired) electrons. The third kappa shape index (κ3) is 3.72. The number of H-pyrrole nitrogens is 1. The van der Waals surface area contributed by atoms with Gasteiger partial charge in [0.15, 0.2) is 11.6 Å². The normalized spacial score (nSPS) is 25.2. The van der Waals surface area contributed by atoms with Crippen LogP contribution in [0.15, 0.2) is 24.4 Å². The molecule has 8 heterocycles. The summed E-state index contributed by atoms with van der Waals surface area (Å²) in [7, 11) is 0. The molecule has 3 atom stereocenters. The van der Waals surface area contributed by atoms with Gasteiger partial charge >= 0.3 is 6.01 Å². The summed E-state index contributed by atoms with van der Waals surface area (Å²) in [4.78, 5) is 18.9. The second-order valence-electron chi connectivity index (χ2n) is 13.4. The number of benzene rings is 2. The molecule has 0 spiro atoms. The molecule has 4 fully saturated rings. The zero-order chi connectivity index (χ0) is 30.0. The van der Waals surface area contributed by atoms with Crippen molar-refractivity contribution in [1.29, 1.82) is 0 Å². The molecule has 0 aliphatic carbocycles. The molecule has 0 saturated carbocycles. The Morgan fingerprint density at radius 2 is 2.02 bits per heavy atom. The van der Waals surface area contributed by atoms with Crippen LogP contribution in [0.25, 0.3) is 42.3 Å². The summed E-state index contributed by atoms with van der Waals surface area (Å²) in [6.07, 6.45) is 8.47. The van der Waals surface area contributed by atoms with Gasteiger partial charge in [0.2, 0.25) is 0 Å². The Balaban J connectivity index is 1.20. The number of nitrogens with one attached hydrogen (secondary N) is 2. The van der Waals surface area contributed by atoms with Gasteiger partial charge in [-0.15, -0.1) is 11.3 Å². The number of rotatable bonds is 4. The fourth-order valence-corrected chi connectivity index (χ4v) is 10.4. The van der Waals surface area contributed by atoms with Gasteiger partial charge in [-0.2, -0.15) is 9.97 Å². The van der Waals surface area contributed by atoms with Gasteiger partial charge in [-0.05, 0) is 63.2 Å². The zero-order valence-corrected chi connectivity index (χ0v) is 26.2. The van der Waals surface area contributed by atoms with Crippen molar-refractivity contribution >= 4 is 65.6 Å². The van der Waals surface area contributed by atoms with Crippen molar-refractivity contribution in [3.8, 4) is 22.9 Å². The van der Waals surface area contributed by atoms with E-state index in [1.807, 2.05) is 18.2 Å². The first-order valence-electron chi connectivity index (χ1n) is 16.0. The van der Waals surface area contributed by atoms with Crippen LogP contribution in [0.4, 0.5) is 15.9 Å². The first-order chi connectivity index (χ1) is 22.0. The number of hydrogen-bond acceptors (Lipinski definition) is 9. The van der Waals surface area contributed by atoms with E-state index < -0.39 is 5.82 Å². The standard InChI is InChI=1S/C33H33ClFN7O2S/c34-26-23(17-4-1-5-21-22(17)24-18(36)12-37-31(24)45-21)27(35)28-25-29(26)43-14-20-19-7-6-16(38-19)13-42(20)30(25)40-32(39-28)44-15-33-8-2-10-41(33)11-3-9-33/h1,4-5,12,16,19-20,37-38H,2-3,6-11,13-15,36H2. The van der Waals surface area contributed by atoms with E-state index in [0.29, 0.717) is 47.5 Å². The third-order valence-corrected chi connectivity index (χ3v) is 12.5. The quantitative estimate of drug-likeness (QED) is 0.216. The number of nitrogens with two attached hydrogens (primary N) is 1. The Bertz CT molecular complexity index is 2040. The number of halogens is 2. The Morgan fingerprint density at radius 3 is 2.89 bits per heavy atom. The Kier molecular flexibility index (Phi) is 5.70. The van der Waals surface area contributed by atoms with Gasteiger partial charge in [0.1, 0.15) is 29.4 Å². The smallest absolute Gasteiger partial charge is 0.319 e. The number of aromatic amines is 1. The van der Waals surface area contributed by atoms with Crippen LogP contribution in [0, 0.1) is 5.82 Å². The van der Waals surface area contributed by atoms with Crippen LogP contribution >= 0.6 is 22.9 Å². The SMILES string of the molecule is Nc1c[nH]c2sc3cccc(-c4c(Cl)c5c6c(nc(OCC78CCCN7CCC8)nc6c4F)N4CC6CCC(N6)C4CO5)c3c12. The summed E-state index contributed by atoms with van der Waals surface area (Å²) in [5, 5.41) is 6.23. The topological polar surface area (TPSA) is 105 Å². The zero-order valence-electron chi connectivity index (χ0n) is 24.7. The second kappa shape index (κ2) is 9.57. The molecule has 232 valence electrons. The van der Waals surface area contributed by atoms with E-state index in [2.05, 4.69) is 20.1 Å². The average Bonchev–Trinajstić information content (AvgIpc) is 3.84. The lowest BCUT2D eigenvalue weighted by molar-refractivity contribution is 0.108. The summed E-state index contributed by atoms with van der Waals surface area (Å²) in [5.41, 5.74) is 8.13. The molecule has 9 nitrogen and oxygen atoms in total. The highest BCUT2D eigenvalue weighted by molar-refractivity contribution is 7.25. The number of nitrogens with zero attached hydrogens (tertiary/aromatic N) is 4. The maximum Gasteiger partial charge on any atom is 0.319 e. The second-order valence-corrected chi connectivity index (χ2v) is 14.8. The molecule has 2 bridgehead atoms. The summed E-state index contributed by atoms with van der Waals surface area (Å²) in [6.45, 7) is 3.86. The van der Waals surface area contributed by atoms with E-state index in [4.69, 9.17) is 36.8 Å². The molecule has 3 unspecified atom stereocenters. The highest BCUT2D eigenvalue weighted by Crippen LogP contribution is 2.52. The van der Waals surface area contributed by atoms with E-state index in [9.17, 15) is 0 Å². The van der Waals surface area contributed by atoms with Crippen LogP contribution < -0.4 is 25.4 Å². The van der Waals surface area contributed by atoms with E-state index in [1.54, 1.807) is 17.5 Å². The predicted molar refractivity (Wildman–Crippen MR) is 176 cm³/mol. The van der Waals surface area contributed by atoms with Crippen molar-refractivity contribution in [1.82, 2.24) is 25.2 Å². The highest BCUT2D eigenvalue weighted by Gasteiger charge is 2.46. The van der Waals surface area contributed by atoms with Crippen LogP contribution in [-0.2, 0) is 0 Å². The first-order valence-corrected chi connectivity index (χ1v) is 17.2. The van der Waals surface area contributed by atoms with E-state index in [1.165, 1.54) is 12.8 Å². The minimum Gasteiger partial charge on any atom is -0.489 e. The maximum atomic E-state index is 17.3. The number of aromatic nitrogens is 3. The number of fused-ring (bicyclic) bond motifs is 9. The minimum absolute atomic E-state index is 0.0115. The summed E-state index contributed by atoms with van der Waals surface area (Å²) in [5.74, 6) is 0.572. The molecular formula is C33H33ClFN7O2S. The van der Waals surface area contributed by atoms with Gasteiger partial charge in [0.25, 0.3) is 0 Å². The fourth-order valence-electron chi connectivity index (χ4n) is 8.99. The molecule has 0 amide bonds. The predicted octanol–water partition coefficient (Wildman–Crippen LogP) is 6.08. The number of anilines is 2. The molecule has 12 heteroatoms. The van der Waals surface area contributed by atoms with Gasteiger partial charge in [-0.25, -0.2) is 4.39 Å². The lowest BCUT2D eigenvalue weighted by Crippen LogP contribution is -2.60. The lowest BCUT2D eigenvalue weighted by atomic mass is 9.95. The van der Waals surface area contributed by atoms with Gasteiger partial charge in [-0.3, -0.25) is 4.90 Å². The number of hydrogen-bond donors (Lipinski definition) is 3. The van der Waals surface area contributed by atoms with Gasteiger partial charge in [0, 0.05) is 45.9 Å². The molecule has 3 aromatic heterocycles. The van der Waals surface area contributed by atoms with E-state index in [0.717, 1.165) is 65.6 Å². The van der Waals surface area contributed by atoms with Crippen LogP contribution in [0.2, 0.25) is 5.02 Å². The number of thiophene rings is 1. The van der Waals surface area contributed by atoms with E-state index in [-0.39, 0.29) is 39.7 Å². The monoisotopic (exact) mass is 645 g/mol. The number of piperazine rings is 1.